The first-order chi connectivity index (χ1) is 15.1. The van der Waals surface area contributed by atoms with E-state index in [0.29, 0.717) is 5.39 Å². The Bertz CT molecular complexity index is 1250. The van der Waals surface area contributed by atoms with Crippen LogP contribution in [0.4, 0.5) is 28.9 Å². The number of piperazine rings is 1. The van der Waals surface area contributed by atoms with Gasteiger partial charge in [0.25, 0.3) is 11.6 Å². The second-order valence-corrected chi connectivity index (χ2v) is 8.63. The molecule has 0 atom stereocenters. The lowest BCUT2D eigenvalue weighted by molar-refractivity contribution is -0.382. The largest absolute Gasteiger partial charge is 0.363 e. The van der Waals surface area contributed by atoms with Crippen LogP contribution in [0.1, 0.15) is 9.67 Å². The van der Waals surface area contributed by atoms with Crippen LogP contribution in [0.5, 0.6) is 0 Å². The Balaban J connectivity index is 1.59. The van der Waals surface area contributed by atoms with Crippen LogP contribution in [0.3, 0.4) is 0 Å². The lowest BCUT2D eigenvalue weighted by Crippen LogP contribution is -2.49. The Hall–Kier alpha value is -2.63. The fourth-order valence-corrected chi connectivity index (χ4v) is 5.23. The number of fused-ring (bicyclic) bond motifs is 1. The number of non-ortho nitro benzene ring substituents is 1. The Morgan fingerprint density at radius 2 is 1.56 bits per heavy atom. The normalized spacial score (nSPS) is 14.3. The minimum atomic E-state index is -1.70. The summed E-state index contributed by atoms with van der Waals surface area (Å²) in [6, 6.07) is 4.32. The van der Waals surface area contributed by atoms with Crippen LogP contribution in [-0.4, -0.2) is 41.9 Å². The van der Waals surface area contributed by atoms with Crippen molar-refractivity contribution in [1.82, 2.24) is 4.90 Å². The number of halogens is 6. The highest BCUT2D eigenvalue weighted by atomic mass is 35.5. The van der Waals surface area contributed by atoms with E-state index in [1.54, 1.807) is 6.07 Å². The van der Waals surface area contributed by atoms with Crippen LogP contribution in [-0.2, 0) is 0 Å². The van der Waals surface area contributed by atoms with E-state index in [0.717, 1.165) is 16.2 Å². The molecule has 13 heteroatoms. The number of thiophene rings is 1. The molecular weight excluding hydrogens is 497 g/mol. The maximum absolute atomic E-state index is 14.2. The van der Waals surface area contributed by atoms with Crippen LogP contribution >= 0.6 is 34.5 Å². The summed E-state index contributed by atoms with van der Waals surface area (Å²) in [6.45, 7) is -0.308. The maximum atomic E-state index is 14.2. The van der Waals surface area contributed by atoms with E-state index in [1.807, 2.05) is 0 Å². The Morgan fingerprint density at radius 1 is 0.969 bits per heavy atom. The average Bonchev–Trinajstić information content (AvgIpc) is 3.13. The van der Waals surface area contributed by atoms with Crippen molar-refractivity contribution < 1.29 is 27.3 Å². The number of hydrogen-bond donors (Lipinski definition) is 0. The fraction of sp³-hybridized carbons (Fsp3) is 0.211. The molecule has 4 rings (SSSR count). The second kappa shape index (κ2) is 8.38. The molecule has 0 unspecified atom stereocenters. The lowest BCUT2D eigenvalue weighted by Gasteiger charge is -2.36. The number of benzene rings is 2. The second-order valence-electron chi connectivity index (χ2n) is 6.85. The Kier molecular flexibility index (Phi) is 5.91. The van der Waals surface area contributed by atoms with Crippen LogP contribution < -0.4 is 4.90 Å². The molecule has 3 aromatic rings. The predicted molar refractivity (Wildman–Crippen MR) is 113 cm³/mol. The molecule has 1 saturated heterocycles. The fourth-order valence-electron chi connectivity index (χ4n) is 3.50. The zero-order valence-electron chi connectivity index (χ0n) is 15.8. The maximum Gasteiger partial charge on any atom is 0.287 e. The molecular formula is C19H11Cl2F4N3O3S. The third-order valence-electron chi connectivity index (χ3n) is 5.09. The van der Waals surface area contributed by atoms with Crippen molar-refractivity contribution >= 4 is 61.9 Å². The minimum Gasteiger partial charge on any atom is -0.363 e. The molecule has 0 spiro atoms. The molecule has 0 N–H and O–H groups in total. The number of carbonyl (C=O) groups is 1. The van der Waals surface area contributed by atoms with Gasteiger partial charge >= 0.3 is 0 Å². The quantitative estimate of drug-likeness (QED) is 0.151. The van der Waals surface area contributed by atoms with E-state index >= 15 is 0 Å². The standard InChI is InChI=1S/C19H11Cl2F4N3O3S/c20-10-8-2-1-3-9(28(30)31)17(8)32-18(10)19(29)27-6-4-26(5-7-27)16-14(24)12(22)11(21)13(23)15(16)25/h1-3H,4-7H2. The topological polar surface area (TPSA) is 66.7 Å². The van der Waals surface area contributed by atoms with Gasteiger partial charge in [-0.2, -0.15) is 0 Å². The zero-order chi connectivity index (χ0) is 23.3. The van der Waals surface area contributed by atoms with Gasteiger partial charge in [0.15, 0.2) is 23.3 Å². The predicted octanol–water partition coefficient (Wildman–Crippen LogP) is 5.64. The molecule has 0 aliphatic carbocycles. The molecule has 0 bridgehead atoms. The summed E-state index contributed by atoms with van der Waals surface area (Å²) in [4.78, 5) is 26.2. The number of hydrogen-bond acceptors (Lipinski definition) is 5. The number of nitro benzene ring substituents is 1. The van der Waals surface area contributed by atoms with Crippen LogP contribution in [0.15, 0.2) is 18.2 Å². The minimum absolute atomic E-state index is 0.0315. The lowest BCUT2D eigenvalue weighted by atomic mass is 10.2. The third-order valence-corrected chi connectivity index (χ3v) is 7.15. The third kappa shape index (κ3) is 3.54. The molecule has 1 aromatic heterocycles. The van der Waals surface area contributed by atoms with E-state index in [-0.39, 0.29) is 46.5 Å². The summed E-state index contributed by atoms with van der Waals surface area (Å²) in [7, 11) is 0. The van der Waals surface area contributed by atoms with Crippen molar-refractivity contribution in [2.24, 2.45) is 0 Å². The average molecular weight is 508 g/mol. The van der Waals surface area contributed by atoms with Gasteiger partial charge < -0.3 is 9.80 Å². The monoisotopic (exact) mass is 507 g/mol. The number of nitro groups is 1. The molecule has 1 aliphatic rings. The Morgan fingerprint density at radius 3 is 2.12 bits per heavy atom. The summed E-state index contributed by atoms with van der Waals surface area (Å²) in [6.07, 6.45) is 0. The molecule has 2 aromatic carbocycles. The number of amides is 1. The molecule has 6 nitrogen and oxygen atoms in total. The number of anilines is 1. The van der Waals surface area contributed by atoms with Crippen LogP contribution in [0.25, 0.3) is 10.1 Å². The molecule has 2 heterocycles. The molecule has 1 aliphatic heterocycles. The van der Waals surface area contributed by atoms with Gasteiger partial charge in [-0.3, -0.25) is 14.9 Å². The molecule has 0 radical (unpaired) electrons. The zero-order valence-corrected chi connectivity index (χ0v) is 18.1. The highest BCUT2D eigenvalue weighted by Crippen LogP contribution is 2.41. The smallest absolute Gasteiger partial charge is 0.287 e. The van der Waals surface area contributed by atoms with Gasteiger partial charge in [0.2, 0.25) is 0 Å². The van der Waals surface area contributed by atoms with Gasteiger partial charge in [0.05, 0.1) is 9.95 Å². The van der Waals surface area contributed by atoms with Crippen molar-refractivity contribution in [2.45, 2.75) is 0 Å². The van der Waals surface area contributed by atoms with Crippen LogP contribution in [0, 0.1) is 33.4 Å². The summed E-state index contributed by atoms with van der Waals surface area (Å²) in [5, 5.41) is 10.4. The summed E-state index contributed by atoms with van der Waals surface area (Å²) < 4.78 is 56.3. The summed E-state index contributed by atoms with van der Waals surface area (Å²) >= 11 is 12.4. The molecule has 32 heavy (non-hydrogen) atoms. The highest BCUT2D eigenvalue weighted by Gasteiger charge is 2.32. The van der Waals surface area contributed by atoms with Crippen molar-refractivity contribution in [3.8, 4) is 0 Å². The van der Waals surface area contributed by atoms with Crippen molar-refractivity contribution in [1.29, 1.82) is 0 Å². The van der Waals surface area contributed by atoms with Crippen molar-refractivity contribution in [3.63, 3.8) is 0 Å². The molecule has 1 amide bonds. The van der Waals surface area contributed by atoms with E-state index in [2.05, 4.69) is 0 Å². The highest BCUT2D eigenvalue weighted by molar-refractivity contribution is 7.22. The first-order valence-electron chi connectivity index (χ1n) is 9.04. The molecule has 0 saturated carbocycles. The van der Waals surface area contributed by atoms with Crippen molar-refractivity contribution in [3.05, 3.63) is 66.5 Å². The molecule has 168 valence electrons. The number of rotatable bonds is 3. The van der Waals surface area contributed by atoms with Gasteiger partial charge in [-0.15, -0.1) is 11.3 Å². The van der Waals surface area contributed by atoms with E-state index < -0.39 is 44.8 Å². The Labute approximate surface area is 191 Å². The molecule has 1 fully saturated rings. The SMILES string of the molecule is O=C(c1sc2c([N+](=O)[O-])cccc2c1Cl)N1CCN(c2c(F)c(F)c(Cl)c(F)c2F)CC1. The van der Waals surface area contributed by atoms with Gasteiger partial charge in [0.1, 0.15) is 20.3 Å². The van der Waals surface area contributed by atoms with E-state index in [9.17, 15) is 32.5 Å². The van der Waals surface area contributed by atoms with Crippen molar-refractivity contribution in [2.75, 3.05) is 31.1 Å². The van der Waals surface area contributed by atoms with Gasteiger partial charge in [0, 0.05) is 37.6 Å². The van der Waals surface area contributed by atoms with E-state index in [1.165, 1.54) is 17.0 Å². The number of carbonyl (C=O) groups excluding carboxylic acids is 1. The van der Waals surface area contributed by atoms with Gasteiger partial charge in [-0.25, -0.2) is 17.6 Å². The van der Waals surface area contributed by atoms with Gasteiger partial charge in [-0.05, 0) is 0 Å². The summed E-state index contributed by atoms with van der Waals surface area (Å²) in [5.74, 6) is -7.14. The number of nitrogens with zero attached hydrogens (tertiary/aromatic N) is 3. The van der Waals surface area contributed by atoms with Gasteiger partial charge in [-0.1, -0.05) is 35.3 Å². The van der Waals surface area contributed by atoms with Crippen LogP contribution in [0.2, 0.25) is 10.0 Å². The first kappa shape index (κ1) is 22.6. The summed E-state index contributed by atoms with van der Waals surface area (Å²) in [5.41, 5.74) is -1.08. The van der Waals surface area contributed by atoms with E-state index in [4.69, 9.17) is 23.2 Å². The first-order valence-corrected chi connectivity index (χ1v) is 10.6.